The summed E-state index contributed by atoms with van der Waals surface area (Å²) in [4.78, 5) is 15.2. The number of rotatable bonds is 3. The van der Waals surface area contributed by atoms with Crippen LogP contribution in [-0.2, 0) is 9.53 Å². The summed E-state index contributed by atoms with van der Waals surface area (Å²) in [5.41, 5.74) is -0.389. The Morgan fingerprint density at radius 2 is 2.10 bits per heavy atom. The molecule has 0 aromatic rings. The fourth-order valence-electron chi connectivity index (χ4n) is 4.01. The van der Waals surface area contributed by atoms with E-state index in [-0.39, 0.29) is 11.5 Å². The van der Waals surface area contributed by atoms with Crippen molar-refractivity contribution < 1.29 is 9.53 Å². The first-order valence-corrected chi connectivity index (χ1v) is 8.26. The number of carbonyl (C=O) groups excluding carboxylic acids is 1. The Labute approximate surface area is 123 Å². The molecule has 4 heteroatoms. The van der Waals surface area contributed by atoms with Crippen molar-refractivity contribution in [3.8, 4) is 0 Å². The standard InChI is InChI=1S/C16H30N2O2/c1-4-20-15(19)16(8-5-7-13(2)14(16)3)18-11-6-9-17-10-12-18/h13-14,17H,4-12H2,1-3H3. The van der Waals surface area contributed by atoms with Crippen molar-refractivity contribution in [3.05, 3.63) is 0 Å². The minimum atomic E-state index is -0.389. The van der Waals surface area contributed by atoms with Crippen molar-refractivity contribution in [2.75, 3.05) is 32.8 Å². The number of hydrogen-bond acceptors (Lipinski definition) is 4. The maximum Gasteiger partial charge on any atom is 0.326 e. The van der Waals surface area contributed by atoms with Gasteiger partial charge in [-0.1, -0.05) is 26.7 Å². The van der Waals surface area contributed by atoms with Gasteiger partial charge in [0.15, 0.2) is 0 Å². The number of ether oxygens (including phenoxy) is 1. The fourth-order valence-corrected chi connectivity index (χ4v) is 4.01. The molecule has 3 unspecified atom stereocenters. The number of nitrogens with zero attached hydrogens (tertiary/aromatic N) is 1. The topological polar surface area (TPSA) is 41.6 Å². The zero-order valence-electron chi connectivity index (χ0n) is 13.3. The zero-order chi connectivity index (χ0) is 14.6. The quantitative estimate of drug-likeness (QED) is 0.804. The van der Waals surface area contributed by atoms with Gasteiger partial charge in [0.05, 0.1) is 6.61 Å². The normalized spacial score (nSPS) is 36.4. The highest BCUT2D eigenvalue weighted by Gasteiger charge is 2.52. The molecule has 2 rings (SSSR count). The minimum Gasteiger partial charge on any atom is -0.465 e. The molecule has 0 spiro atoms. The molecule has 2 aliphatic rings. The summed E-state index contributed by atoms with van der Waals surface area (Å²) in [6.45, 7) is 10.9. The number of carbonyl (C=O) groups is 1. The minimum absolute atomic E-state index is 0.0148. The molecular weight excluding hydrogens is 252 g/mol. The molecule has 0 radical (unpaired) electrons. The molecule has 1 aliphatic heterocycles. The first kappa shape index (κ1) is 15.8. The third kappa shape index (κ3) is 2.86. The smallest absolute Gasteiger partial charge is 0.326 e. The molecule has 1 N–H and O–H groups in total. The van der Waals surface area contributed by atoms with Crippen LogP contribution in [-0.4, -0.2) is 49.2 Å². The molecule has 20 heavy (non-hydrogen) atoms. The van der Waals surface area contributed by atoms with Gasteiger partial charge in [-0.25, -0.2) is 0 Å². The van der Waals surface area contributed by atoms with Gasteiger partial charge < -0.3 is 10.1 Å². The van der Waals surface area contributed by atoms with Crippen molar-refractivity contribution in [2.45, 2.75) is 52.0 Å². The van der Waals surface area contributed by atoms with Gasteiger partial charge >= 0.3 is 5.97 Å². The van der Waals surface area contributed by atoms with Gasteiger partial charge in [-0.3, -0.25) is 9.69 Å². The van der Waals surface area contributed by atoms with Crippen LogP contribution in [0.25, 0.3) is 0 Å². The molecule has 0 aromatic heterocycles. The second-order valence-electron chi connectivity index (χ2n) is 6.39. The van der Waals surface area contributed by atoms with Crippen LogP contribution in [0.15, 0.2) is 0 Å². The number of nitrogens with one attached hydrogen (secondary N) is 1. The van der Waals surface area contributed by atoms with E-state index < -0.39 is 0 Å². The average molecular weight is 282 g/mol. The highest BCUT2D eigenvalue weighted by Crippen LogP contribution is 2.42. The van der Waals surface area contributed by atoms with Crippen LogP contribution in [0.1, 0.15) is 46.5 Å². The van der Waals surface area contributed by atoms with Crippen LogP contribution in [0.4, 0.5) is 0 Å². The van der Waals surface area contributed by atoms with E-state index in [1.807, 2.05) is 6.92 Å². The Morgan fingerprint density at radius 1 is 1.30 bits per heavy atom. The molecule has 1 aliphatic carbocycles. The highest BCUT2D eigenvalue weighted by molar-refractivity contribution is 5.81. The molecule has 1 saturated carbocycles. The fraction of sp³-hybridized carbons (Fsp3) is 0.938. The van der Waals surface area contributed by atoms with Crippen molar-refractivity contribution in [2.24, 2.45) is 11.8 Å². The monoisotopic (exact) mass is 282 g/mol. The summed E-state index contributed by atoms with van der Waals surface area (Å²) in [7, 11) is 0. The third-order valence-electron chi connectivity index (χ3n) is 5.36. The number of hydrogen-bond donors (Lipinski definition) is 1. The van der Waals surface area contributed by atoms with E-state index in [1.165, 1.54) is 6.42 Å². The molecule has 2 fully saturated rings. The predicted molar refractivity (Wildman–Crippen MR) is 80.6 cm³/mol. The molecule has 116 valence electrons. The van der Waals surface area contributed by atoms with Crippen LogP contribution < -0.4 is 5.32 Å². The van der Waals surface area contributed by atoms with Crippen LogP contribution in [0.3, 0.4) is 0 Å². The van der Waals surface area contributed by atoms with Crippen molar-refractivity contribution in [3.63, 3.8) is 0 Å². The summed E-state index contributed by atoms with van der Waals surface area (Å²) in [5, 5.41) is 3.44. The lowest BCUT2D eigenvalue weighted by atomic mass is 9.67. The third-order valence-corrected chi connectivity index (χ3v) is 5.36. The Bertz CT molecular complexity index is 326. The Hall–Kier alpha value is -0.610. The van der Waals surface area contributed by atoms with Gasteiger partial charge in [0.25, 0.3) is 0 Å². The Balaban J connectivity index is 2.28. The molecule has 1 heterocycles. The molecule has 0 amide bonds. The first-order valence-electron chi connectivity index (χ1n) is 8.26. The molecule has 0 aromatic carbocycles. The maximum absolute atomic E-state index is 12.8. The lowest BCUT2D eigenvalue weighted by molar-refractivity contribution is -0.167. The largest absolute Gasteiger partial charge is 0.465 e. The zero-order valence-corrected chi connectivity index (χ0v) is 13.3. The lowest BCUT2D eigenvalue weighted by Gasteiger charge is -2.50. The number of esters is 1. The average Bonchev–Trinajstić information content (AvgIpc) is 2.71. The summed E-state index contributed by atoms with van der Waals surface area (Å²) >= 11 is 0. The van der Waals surface area contributed by atoms with Crippen molar-refractivity contribution >= 4 is 5.97 Å². The second kappa shape index (κ2) is 6.90. The van der Waals surface area contributed by atoms with Gasteiger partial charge in [-0.05, 0) is 38.1 Å². The van der Waals surface area contributed by atoms with E-state index in [9.17, 15) is 4.79 Å². The first-order chi connectivity index (χ1) is 9.63. The summed E-state index contributed by atoms with van der Waals surface area (Å²) in [6.07, 6.45) is 4.43. The Morgan fingerprint density at radius 3 is 2.85 bits per heavy atom. The SMILES string of the molecule is CCOC(=O)C1(N2CCCNCC2)CCCC(C)C1C. The van der Waals surface area contributed by atoms with E-state index in [4.69, 9.17) is 4.74 Å². The summed E-state index contributed by atoms with van der Waals surface area (Å²) in [5.74, 6) is 0.971. The van der Waals surface area contributed by atoms with Crippen molar-refractivity contribution in [1.29, 1.82) is 0 Å². The lowest BCUT2D eigenvalue weighted by Crippen LogP contribution is -2.63. The molecule has 1 saturated heterocycles. The second-order valence-corrected chi connectivity index (χ2v) is 6.39. The van der Waals surface area contributed by atoms with E-state index in [0.717, 1.165) is 45.4 Å². The van der Waals surface area contributed by atoms with Crippen LogP contribution in [0.5, 0.6) is 0 Å². The maximum atomic E-state index is 12.8. The van der Waals surface area contributed by atoms with Crippen LogP contribution in [0, 0.1) is 11.8 Å². The van der Waals surface area contributed by atoms with Gasteiger partial charge in [0.2, 0.25) is 0 Å². The predicted octanol–water partition coefficient (Wildman–Crippen LogP) is 2.04. The van der Waals surface area contributed by atoms with Gasteiger partial charge in [-0.2, -0.15) is 0 Å². The van der Waals surface area contributed by atoms with Gasteiger partial charge in [-0.15, -0.1) is 0 Å². The van der Waals surface area contributed by atoms with Crippen LogP contribution >= 0.6 is 0 Å². The summed E-state index contributed by atoms with van der Waals surface area (Å²) in [6, 6.07) is 0. The van der Waals surface area contributed by atoms with E-state index in [1.54, 1.807) is 0 Å². The molecule has 3 atom stereocenters. The van der Waals surface area contributed by atoms with Crippen LogP contribution in [0.2, 0.25) is 0 Å². The summed E-state index contributed by atoms with van der Waals surface area (Å²) < 4.78 is 5.50. The molecular formula is C16H30N2O2. The van der Waals surface area contributed by atoms with E-state index in [0.29, 0.717) is 18.4 Å². The molecule has 0 bridgehead atoms. The van der Waals surface area contributed by atoms with E-state index in [2.05, 4.69) is 24.1 Å². The molecule has 4 nitrogen and oxygen atoms in total. The highest BCUT2D eigenvalue weighted by atomic mass is 16.5. The van der Waals surface area contributed by atoms with Gasteiger partial charge in [0, 0.05) is 19.6 Å². The Kier molecular flexibility index (Phi) is 5.44. The van der Waals surface area contributed by atoms with E-state index >= 15 is 0 Å². The van der Waals surface area contributed by atoms with Crippen molar-refractivity contribution in [1.82, 2.24) is 10.2 Å². The van der Waals surface area contributed by atoms with Gasteiger partial charge in [0.1, 0.15) is 5.54 Å².